The standard InChI is InChI=1S/C22H40N2O4S2/c1-5-9-17-23(18-10-6-2)29(25,26)21-15-13-14-16-22(21)30(27,28)24(19-11-7-3)20-12-8-4/h13-16H,5-12,17-20H2,1-4H3. The van der Waals surface area contributed by atoms with E-state index in [4.69, 9.17) is 0 Å². The Morgan fingerprint density at radius 1 is 0.567 bits per heavy atom. The van der Waals surface area contributed by atoms with Gasteiger partial charge in [-0.05, 0) is 37.8 Å². The van der Waals surface area contributed by atoms with Gasteiger partial charge in [0.15, 0.2) is 0 Å². The van der Waals surface area contributed by atoms with Gasteiger partial charge in [0.1, 0.15) is 9.79 Å². The van der Waals surface area contributed by atoms with Crippen LogP contribution in [0.1, 0.15) is 79.1 Å². The molecule has 0 aliphatic rings. The van der Waals surface area contributed by atoms with Crippen molar-refractivity contribution in [1.29, 1.82) is 0 Å². The Hall–Kier alpha value is -0.960. The van der Waals surface area contributed by atoms with E-state index in [-0.39, 0.29) is 9.79 Å². The second-order valence-electron chi connectivity index (χ2n) is 7.67. The molecule has 0 fully saturated rings. The molecular formula is C22H40N2O4S2. The quantitative estimate of drug-likeness (QED) is 0.353. The number of hydrogen-bond acceptors (Lipinski definition) is 4. The summed E-state index contributed by atoms with van der Waals surface area (Å²) >= 11 is 0. The van der Waals surface area contributed by atoms with Crippen LogP contribution in [0.2, 0.25) is 0 Å². The lowest BCUT2D eigenvalue weighted by molar-refractivity contribution is 0.388. The molecule has 0 unspecified atom stereocenters. The summed E-state index contributed by atoms with van der Waals surface area (Å²) in [5.41, 5.74) is 0. The van der Waals surface area contributed by atoms with Gasteiger partial charge in [-0.3, -0.25) is 0 Å². The molecule has 0 aliphatic carbocycles. The molecule has 30 heavy (non-hydrogen) atoms. The van der Waals surface area contributed by atoms with Gasteiger partial charge in [-0.2, -0.15) is 8.61 Å². The largest absolute Gasteiger partial charge is 0.244 e. The van der Waals surface area contributed by atoms with Crippen molar-refractivity contribution < 1.29 is 16.8 Å². The van der Waals surface area contributed by atoms with Gasteiger partial charge < -0.3 is 0 Å². The maximum absolute atomic E-state index is 13.5. The predicted molar refractivity (Wildman–Crippen MR) is 124 cm³/mol. The third-order valence-electron chi connectivity index (χ3n) is 5.13. The van der Waals surface area contributed by atoms with Crippen molar-refractivity contribution in [2.24, 2.45) is 0 Å². The molecule has 0 saturated carbocycles. The fraction of sp³-hybridized carbons (Fsp3) is 0.727. The Labute approximate surface area is 184 Å². The molecule has 0 N–H and O–H groups in total. The molecule has 6 nitrogen and oxygen atoms in total. The zero-order valence-electron chi connectivity index (χ0n) is 19.1. The molecule has 0 saturated heterocycles. The van der Waals surface area contributed by atoms with E-state index in [2.05, 4.69) is 0 Å². The van der Waals surface area contributed by atoms with Crippen molar-refractivity contribution in [3.05, 3.63) is 24.3 Å². The van der Waals surface area contributed by atoms with Crippen LogP contribution in [0.5, 0.6) is 0 Å². The van der Waals surface area contributed by atoms with Crippen molar-refractivity contribution in [3.8, 4) is 0 Å². The smallest absolute Gasteiger partial charge is 0.207 e. The fourth-order valence-corrected chi connectivity index (χ4v) is 7.01. The molecule has 174 valence electrons. The molecule has 0 radical (unpaired) electrons. The van der Waals surface area contributed by atoms with Crippen molar-refractivity contribution in [3.63, 3.8) is 0 Å². The summed E-state index contributed by atoms with van der Waals surface area (Å²) in [4.78, 5) is -0.203. The zero-order chi connectivity index (χ0) is 22.6. The molecular weight excluding hydrogens is 420 g/mol. The van der Waals surface area contributed by atoms with E-state index < -0.39 is 20.0 Å². The summed E-state index contributed by atoms with van der Waals surface area (Å²) in [6.45, 7) is 9.69. The zero-order valence-corrected chi connectivity index (χ0v) is 20.8. The monoisotopic (exact) mass is 460 g/mol. The summed E-state index contributed by atoms with van der Waals surface area (Å²) < 4.78 is 56.9. The van der Waals surface area contributed by atoms with Gasteiger partial charge in [0.2, 0.25) is 20.0 Å². The number of unbranched alkanes of at least 4 members (excludes halogenated alkanes) is 4. The first kappa shape index (κ1) is 27.1. The number of benzene rings is 1. The minimum Gasteiger partial charge on any atom is -0.207 e. The molecule has 0 spiro atoms. The Balaban J connectivity index is 3.43. The van der Waals surface area contributed by atoms with E-state index in [1.165, 1.54) is 20.7 Å². The molecule has 1 aromatic rings. The lowest BCUT2D eigenvalue weighted by Gasteiger charge is -2.26. The SMILES string of the molecule is CCCCN(CCCC)S(=O)(=O)c1ccccc1S(=O)(=O)N(CCCC)CCCC. The van der Waals surface area contributed by atoms with E-state index in [0.29, 0.717) is 26.2 Å². The van der Waals surface area contributed by atoms with Crippen LogP contribution in [-0.2, 0) is 20.0 Å². The molecule has 0 atom stereocenters. The van der Waals surface area contributed by atoms with Crippen LogP contribution in [0.4, 0.5) is 0 Å². The van der Waals surface area contributed by atoms with Gasteiger partial charge in [0.25, 0.3) is 0 Å². The Morgan fingerprint density at radius 2 is 0.833 bits per heavy atom. The van der Waals surface area contributed by atoms with Gasteiger partial charge in [-0.25, -0.2) is 16.8 Å². The molecule has 1 aromatic carbocycles. The van der Waals surface area contributed by atoms with E-state index in [9.17, 15) is 16.8 Å². The summed E-state index contributed by atoms with van der Waals surface area (Å²) in [5.74, 6) is 0. The Kier molecular flexibility index (Phi) is 12.1. The first-order valence-corrected chi connectivity index (χ1v) is 14.2. The molecule has 8 heteroatoms. The van der Waals surface area contributed by atoms with Crippen LogP contribution in [0.25, 0.3) is 0 Å². The first-order chi connectivity index (χ1) is 14.3. The number of rotatable bonds is 16. The van der Waals surface area contributed by atoms with Gasteiger partial charge in [0.05, 0.1) is 0 Å². The van der Waals surface area contributed by atoms with Gasteiger partial charge >= 0.3 is 0 Å². The van der Waals surface area contributed by atoms with Crippen molar-refractivity contribution in [2.45, 2.75) is 88.9 Å². The van der Waals surface area contributed by atoms with Gasteiger partial charge in [-0.1, -0.05) is 65.5 Å². The lowest BCUT2D eigenvalue weighted by atomic mass is 10.3. The van der Waals surface area contributed by atoms with Crippen LogP contribution in [-0.4, -0.2) is 51.6 Å². The predicted octanol–water partition coefficient (Wildman–Crippen LogP) is 4.87. The van der Waals surface area contributed by atoms with Crippen molar-refractivity contribution >= 4 is 20.0 Å². The minimum absolute atomic E-state index is 0.102. The molecule has 0 aromatic heterocycles. The third-order valence-corrected chi connectivity index (χ3v) is 9.17. The third kappa shape index (κ3) is 7.32. The molecule has 0 amide bonds. The second kappa shape index (κ2) is 13.5. The Bertz CT molecular complexity index is 738. The van der Waals surface area contributed by atoms with Crippen LogP contribution >= 0.6 is 0 Å². The van der Waals surface area contributed by atoms with E-state index >= 15 is 0 Å². The molecule has 0 aliphatic heterocycles. The summed E-state index contributed by atoms with van der Waals surface area (Å²) in [5, 5.41) is 0. The van der Waals surface area contributed by atoms with E-state index in [1.54, 1.807) is 12.1 Å². The maximum Gasteiger partial charge on any atom is 0.244 e. The maximum atomic E-state index is 13.5. The lowest BCUT2D eigenvalue weighted by Crippen LogP contribution is -2.37. The molecule has 0 bridgehead atoms. The molecule has 1 rings (SSSR count). The van der Waals surface area contributed by atoms with E-state index in [1.807, 2.05) is 27.7 Å². The highest BCUT2D eigenvalue weighted by Crippen LogP contribution is 2.28. The fourth-order valence-electron chi connectivity index (χ4n) is 3.20. The van der Waals surface area contributed by atoms with Crippen LogP contribution in [0.3, 0.4) is 0 Å². The highest BCUT2D eigenvalue weighted by molar-refractivity contribution is 7.92. The van der Waals surface area contributed by atoms with Crippen LogP contribution in [0.15, 0.2) is 34.1 Å². The van der Waals surface area contributed by atoms with Crippen molar-refractivity contribution in [2.75, 3.05) is 26.2 Å². The average Bonchev–Trinajstić information content (AvgIpc) is 2.73. The number of sulfonamides is 2. The Morgan fingerprint density at radius 3 is 1.07 bits per heavy atom. The highest BCUT2D eigenvalue weighted by Gasteiger charge is 2.33. The van der Waals surface area contributed by atoms with E-state index in [0.717, 1.165) is 51.4 Å². The van der Waals surface area contributed by atoms with Crippen LogP contribution in [0, 0.1) is 0 Å². The average molecular weight is 461 g/mol. The summed E-state index contributed by atoms with van der Waals surface area (Å²) in [6.07, 6.45) is 6.49. The molecule has 0 heterocycles. The second-order valence-corrected chi connectivity index (χ2v) is 11.5. The minimum atomic E-state index is -3.91. The highest BCUT2D eigenvalue weighted by atomic mass is 32.2. The topological polar surface area (TPSA) is 74.8 Å². The summed E-state index contributed by atoms with van der Waals surface area (Å²) in [7, 11) is -7.81. The normalized spacial score (nSPS) is 12.7. The van der Waals surface area contributed by atoms with Gasteiger partial charge in [-0.15, -0.1) is 0 Å². The first-order valence-electron chi connectivity index (χ1n) is 11.4. The summed E-state index contributed by atoms with van der Waals surface area (Å²) in [6, 6.07) is 6.08. The van der Waals surface area contributed by atoms with Crippen molar-refractivity contribution in [1.82, 2.24) is 8.61 Å². The van der Waals surface area contributed by atoms with Crippen LogP contribution < -0.4 is 0 Å². The number of hydrogen-bond donors (Lipinski definition) is 0. The van der Waals surface area contributed by atoms with Gasteiger partial charge in [0, 0.05) is 26.2 Å². The number of nitrogens with zero attached hydrogens (tertiary/aromatic N) is 2.